The first-order valence-electron chi connectivity index (χ1n) is 8.21. The van der Waals surface area contributed by atoms with Crippen molar-refractivity contribution >= 4 is 18.0 Å². The van der Waals surface area contributed by atoms with E-state index in [1.54, 1.807) is 46.1 Å². The summed E-state index contributed by atoms with van der Waals surface area (Å²) in [6.07, 6.45) is 1.10. The molecule has 26 heavy (non-hydrogen) atoms. The lowest BCUT2D eigenvalue weighted by molar-refractivity contribution is -0.142. The van der Waals surface area contributed by atoms with E-state index >= 15 is 0 Å². The average Bonchev–Trinajstić information content (AvgIpc) is 2.58. The van der Waals surface area contributed by atoms with Crippen LogP contribution in [0.4, 0.5) is 0 Å². The Balaban J connectivity index is 3.06. The normalized spacial score (nSPS) is 10.9. The number of rotatable bonds is 8. The summed E-state index contributed by atoms with van der Waals surface area (Å²) < 4.78 is 16.1. The molecule has 0 spiro atoms. The predicted octanol–water partition coefficient (Wildman–Crippen LogP) is 2.41. The van der Waals surface area contributed by atoms with Crippen LogP contribution in [0.2, 0.25) is 0 Å². The maximum atomic E-state index is 11.9. The van der Waals surface area contributed by atoms with Crippen LogP contribution in [0.25, 0.3) is 6.08 Å². The molecule has 0 heterocycles. The van der Waals surface area contributed by atoms with Crippen LogP contribution >= 0.6 is 0 Å². The van der Waals surface area contributed by atoms with E-state index in [0.717, 1.165) is 0 Å². The molecule has 1 aromatic carbocycles. The monoisotopic (exact) mass is 360 g/mol. The van der Waals surface area contributed by atoms with E-state index < -0.39 is 5.97 Å². The molecule has 0 aliphatic carbocycles. The molecule has 0 aliphatic rings. The molecule has 0 radical (unpaired) electrons. The van der Waals surface area contributed by atoms with Gasteiger partial charge in [0, 0.05) is 14.1 Å². The molecule has 0 N–H and O–H groups in total. The topological polar surface area (TPSA) is 88.9 Å². The van der Waals surface area contributed by atoms with Crippen LogP contribution in [0.15, 0.2) is 23.8 Å². The number of hydrogen-bond acceptors (Lipinski definition) is 6. The zero-order valence-corrected chi connectivity index (χ0v) is 15.7. The number of carbonyl (C=O) groups is 2. The lowest BCUT2D eigenvalue weighted by atomic mass is 10.1. The fraction of sp³-hybridized carbons (Fsp3) is 0.421. The standard InChI is InChI=1S/C19H24N2O5/c1-6-24-17-10-14(9-15(11-20)19(23)26-13(2)3)7-8-16(17)25-12-18(22)21(4)5/h7-10,13H,6,12H2,1-5H3. The highest BCUT2D eigenvalue weighted by Gasteiger charge is 2.14. The lowest BCUT2D eigenvalue weighted by Gasteiger charge is -2.14. The maximum absolute atomic E-state index is 11.9. The molecule has 1 rings (SSSR count). The number of likely N-dealkylation sites (N-methyl/N-ethyl adjacent to an activating group) is 1. The summed E-state index contributed by atoms with van der Waals surface area (Å²) in [5.41, 5.74) is 0.467. The fourth-order valence-corrected chi connectivity index (χ4v) is 1.85. The molecule has 0 saturated heterocycles. The van der Waals surface area contributed by atoms with Gasteiger partial charge in [0.2, 0.25) is 0 Å². The number of hydrogen-bond donors (Lipinski definition) is 0. The molecule has 140 valence electrons. The zero-order valence-electron chi connectivity index (χ0n) is 15.7. The van der Waals surface area contributed by atoms with Crippen LogP contribution in [-0.2, 0) is 14.3 Å². The summed E-state index contributed by atoms with van der Waals surface area (Å²) in [4.78, 5) is 25.0. The highest BCUT2D eigenvalue weighted by atomic mass is 16.5. The van der Waals surface area contributed by atoms with Crippen LogP contribution in [0.5, 0.6) is 11.5 Å². The van der Waals surface area contributed by atoms with Gasteiger partial charge in [0.05, 0.1) is 12.7 Å². The van der Waals surface area contributed by atoms with Gasteiger partial charge in [-0.2, -0.15) is 5.26 Å². The quantitative estimate of drug-likeness (QED) is 0.402. The Bertz CT molecular complexity index is 717. The molecule has 7 heteroatoms. The van der Waals surface area contributed by atoms with Crippen molar-refractivity contribution in [2.75, 3.05) is 27.3 Å². The van der Waals surface area contributed by atoms with Gasteiger partial charge >= 0.3 is 5.97 Å². The van der Waals surface area contributed by atoms with E-state index in [1.807, 2.05) is 13.0 Å². The van der Waals surface area contributed by atoms with Gasteiger partial charge in [-0.25, -0.2) is 4.79 Å². The Morgan fingerprint density at radius 2 is 1.92 bits per heavy atom. The SMILES string of the molecule is CCOc1cc(C=C(C#N)C(=O)OC(C)C)ccc1OCC(=O)N(C)C. The first-order chi connectivity index (χ1) is 12.3. The number of nitrogens with zero attached hydrogens (tertiary/aromatic N) is 2. The van der Waals surface area contributed by atoms with Gasteiger partial charge in [0.15, 0.2) is 18.1 Å². The van der Waals surface area contributed by atoms with Crippen molar-refractivity contribution in [2.24, 2.45) is 0 Å². The van der Waals surface area contributed by atoms with Crippen molar-refractivity contribution in [1.29, 1.82) is 5.26 Å². The van der Waals surface area contributed by atoms with Crippen molar-refractivity contribution in [3.8, 4) is 17.6 Å². The van der Waals surface area contributed by atoms with Gasteiger partial charge in [0.25, 0.3) is 5.91 Å². The Kier molecular flexibility index (Phi) is 8.16. The number of nitriles is 1. The minimum absolute atomic E-state index is 0.113. The second kappa shape index (κ2) is 10.1. The summed E-state index contributed by atoms with van der Waals surface area (Å²) in [7, 11) is 3.28. The van der Waals surface area contributed by atoms with E-state index in [4.69, 9.17) is 14.2 Å². The first-order valence-corrected chi connectivity index (χ1v) is 8.21. The van der Waals surface area contributed by atoms with Gasteiger partial charge in [-0.1, -0.05) is 6.07 Å². The van der Waals surface area contributed by atoms with Crippen LogP contribution in [0, 0.1) is 11.3 Å². The van der Waals surface area contributed by atoms with Gasteiger partial charge in [-0.05, 0) is 44.5 Å². The average molecular weight is 360 g/mol. The highest BCUT2D eigenvalue weighted by Crippen LogP contribution is 2.29. The number of ether oxygens (including phenoxy) is 3. The molecular weight excluding hydrogens is 336 g/mol. The Morgan fingerprint density at radius 1 is 1.23 bits per heavy atom. The van der Waals surface area contributed by atoms with Crippen LogP contribution in [0.1, 0.15) is 26.3 Å². The molecule has 7 nitrogen and oxygen atoms in total. The highest BCUT2D eigenvalue weighted by molar-refractivity contribution is 5.98. The van der Waals surface area contributed by atoms with Crippen molar-refractivity contribution in [3.63, 3.8) is 0 Å². The van der Waals surface area contributed by atoms with Crippen molar-refractivity contribution in [1.82, 2.24) is 4.90 Å². The molecule has 0 unspecified atom stereocenters. The molecule has 0 aromatic heterocycles. The summed E-state index contributed by atoms with van der Waals surface area (Å²) in [6.45, 7) is 5.51. The van der Waals surface area contributed by atoms with Crippen molar-refractivity contribution in [3.05, 3.63) is 29.3 Å². The van der Waals surface area contributed by atoms with Crippen molar-refractivity contribution in [2.45, 2.75) is 26.9 Å². The molecule has 0 atom stereocenters. The lowest BCUT2D eigenvalue weighted by Crippen LogP contribution is -2.27. The van der Waals surface area contributed by atoms with E-state index in [9.17, 15) is 14.9 Å². The Hall–Kier alpha value is -3.01. The number of carbonyl (C=O) groups excluding carboxylic acids is 2. The van der Waals surface area contributed by atoms with E-state index in [1.165, 1.54) is 11.0 Å². The molecular formula is C19H24N2O5. The third kappa shape index (κ3) is 6.48. The second-order valence-electron chi connectivity index (χ2n) is 5.84. The molecule has 0 aliphatic heterocycles. The molecule has 1 aromatic rings. The maximum Gasteiger partial charge on any atom is 0.349 e. The third-order valence-electron chi connectivity index (χ3n) is 3.11. The van der Waals surface area contributed by atoms with E-state index in [0.29, 0.717) is 23.7 Å². The largest absolute Gasteiger partial charge is 0.490 e. The minimum atomic E-state index is -0.683. The summed E-state index contributed by atoms with van der Waals surface area (Å²) in [6, 6.07) is 6.77. The van der Waals surface area contributed by atoms with Gasteiger partial charge in [0.1, 0.15) is 11.6 Å². The third-order valence-corrected chi connectivity index (χ3v) is 3.11. The van der Waals surface area contributed by atoms with Gasteiger partial charge in [-0.3, -0.25) is 4.79 Å². The smallest absolute Gasteiger partial charge is 0.349 e. The fourth-order valence-electron chi connectivity index (χ4n) is 1.85. The van der Waals surface area contributed by atoms with E-state index in [2.05, 4.69) is 0 Å². The number of amides is 1. The first kappa shape index (κ1) is 21.0. The Labute approximate surface area is 153 Å². The van der Waals surface area contributed by atoms with Gasteiger partial charge in [-0.15, -0.1) is 0 Å². The summed E-state index contributed by atoms with van der Waals surface area (Å²) >= 11 is 0. The van der Waals surface area contributed by atoms with Crippen LogP contribution in [-0.4, -0.2) is 50.2 Å². The van der Waals surface area contributed by atoms with E-state index in [-0.39, 0.29) is 24.2 Å². The number of esters is 1. The molecule has 1 amide bonds. The molecule has 0 saturated carbocycles. The van der Waals surface area contributed by atoms with Crippen molar-refractivity contribution < 1.29 is 23.8 Å². The zero-order chi connectivity index (χ0) is 19.7. The summed E-state index contributed by atoms with van der Waals surface area (Å²) in [5.74, 6) is -0.0400. The Morgan fingerprint density at radius 3 is 2.46 bits per heavy atom. The van der Waals surface area contributed by atoms with Gasteiger partial charge < -0.3 is 19.1 Å². The molecule has 0 bridgehead atoms. The predicted molar refractivity (Wildman–Crippen MR) is 96.6 cm³/mol. The minimum Gasteiger partial charge on any atom is -0.490 e. The summed E-state index contributed by atoms with van der Waals surface area (Å²) in [5, 5.41) is 9.18. The van der Waals surface area contributed by atoms with Crippen LogP contribution < -0.4 is 9.47 Å². The second-order valence-corrected chi connectivity index (χ2v) is 5.84. The molecule has 0 fully saturated rings. The van der Waals surface area contributed by atoms with Crippen LogP contribution in [0.3, 0.4) is 0 Å². The number of benzene rings is 1.